The molecule has 2 heterocycles. The van der Waals surface area contributed by atoms with E-state index in [0.29, 0.717) is 36.5 Å². The zero-order valence-electron chi connectivity index (χ0n) is 19.1. The Morgan fingerprint density at radius 2 is 1.58 bits per heavy atom. The van der Waals surface area contributed by atoms with Crippen molar-refractivity contribution in [3.8, 4) is 0 Å². The number of rotatable bonds is 7. The Morgan fingerprint density at radius 1 is 0.909 bits per heavy atom. The molecule has 0 atom stereocenters. The number of hydrogen-bond acceptors (Lipinski definition) is 6. The molecule has 2 aromatic rings. The number of amides is 2. The normalized spacial score (nSPS) is 17.2. The van der Waals surface area contributed by atoms with Crippen molar-refractivity contribution < 1.29 is 19.1 Å². The summed E-state index contributed by atoms with van der Waals surface area (Å²) >= 11 is 0. The van der Waals surface area contributed by atoms with Crippen molar-refractivity contribution in [3.63, 3.8) is 0 Å². The van der Waals surface area contributed by atoms with E-state index < -0.39 is 0 Å². The lowest BCUT2D eigenvalue weighted by atomic mass is 10.0. The van der Waals surface area contributed by atoms with Gasteiger partial charge in [-0.3, -0.25) is 14.5 Å². The Kier molecular flexibility index (Phi) is 6.89. The molecule has 2 amide bonds. The van der Waals surface area contributed by atoms with Crippen LogP contribution in [0.5, 0.6) is 0 Å². The van der Waals surface area contributed by atoms with E-state index in [-0.39, 0.29) is 24.3 Å². The van der Waals surface area contributed by atoms with Gasteiger partial charge in [-0.2, -0.15) is 0 Å². The largest absolute Gasteiger partial charge is 0.462 e. The molecule has 0 aliphatic carbocycles. The number of piperazine rings is 1. The van der Waals surface area contributed by atoms with Crippen LogP contribution in [-0.4, -0.2) is 72.3 Å². The average Bonchev–Trinajstić information content (AvgIpc) is 3.09. The Hall–Kier alpha value is -3.45. The van der Waals surface area contributed by atoms with Gasteiger partial charge in [0.2, 0.25) is 0 Å². The van der Waals surface area contributed by atoms with E-state index in [0.717, 1.165) is 30.6 Å². The summed E-state index contributed by atoms with van der Waals surface area (Å²) in [7, 11) is 2.06. The van der Waals surface area contributed by atoms with Crippen molar-refractivity contribution in [2.75, 3.05) is 39.8 Å². The molecule has 7 nitrogen and oxygen atoms in total. The van der Waals surface area contributed by atoms with Crippen molar-refractivity contribution in [2.24, 2.45) is 0 Å². The fraction of sp³-hybridized carbons (Fsp3) is 0.346. The maximum atomic E-state index is 13.5. The van der Waals surface area contributed by atoms with Crippen LogP contribution in [0.4, 0.5) is 0 Å². The van der Waals surface area contributed by atoms with E-state index >= 15 is 0 Å². The van der Waals surface area contributed by atoms with Gasteiger partial charge in [-0.1, -0.05) is 49.4 Å². The van der Waals surface area contributed by atoms with Crippen LogP contribution in [0.1, 0.15) is 34.8 Å². The molecule has 0 saturated carbocycles. The van der Waals surface area contributed by atoms with Crippen LogP contribution in [0.25, 0.3) is 5.57 Å². The molecule has 0 aromatic heterocycles. The van der Waals surface area contributed by atoms with Gasteiger partial charge in [0.05, 0.1) is 24.3 Å². The molecule has 0 N–H and O–H groups in total. The first-order valence-corrected chi connectivity index (χ1v) is 11.3. The van der Waals surface area contributed by atoms with Crippen LogP contribution in [0.15, 0.2) is 60.3 Å². The van der Waals surface area contributed by atoms with E-state index in [4.69, 9.17) is 4.74 Å². The van der Waals surface area contributed by atoms with Gasteiger partial charge in [0.25, 0.3) is 11.8 Å². The summed E-state index contributed by atoms with van der Waals surface area (Å²) in [4.78, 5) is 44.6. The number of imide groups is 1. The van der Waals surface area contributed by atoms with Crippen LogP contribution in [0.3, 0.4) is 0 Å². The third-order valence-electron chi connectivity index (χ3n) is 5.99. The van der Waals surface area contributed by atoms with Crippen molar-refractivity contribution in [3.05, 3.63) is 77.0 Å². The quantitative estimate of drug-likeness (QED) is 0.480. The molecular weight excluding hydrogens is 418 g/mol. The van der Waals surface area contributed by atoms with Gasteiger partial charge in [0, 0.05) is 26.2 Å². The summed E-state index contributed by atoms with van der Waals surface area (Å²) in [6.45, 7) is 5.53. The Labute approximate surface area is 194 Å². The second kappa shape index (κ2) is 10.0. The van der Waals surface area contributed by atoms with Gasteiger partial charge < -0.3 is 14.5 Å². The zero-order chi connectivity index (χ0) is 23.4. The molecule has 0 spiro atoms. The van der Waals surface area contributed by atoms with Crippen molar-refractivity contribution in [1.82, 2.24) is 14.7 Å². The Balaban J connectivity index is 1.58. The molecule has 33 heavy (non-hydrogen) atoms. The highest BCUT2D eigenvalue weighted by Crippen LogP contribution is 2.33. The van der Waals surface area contributed by atoms with Crippen molar-refractivity contribution in [1.29, 1.82) is 0 Å². The van der Waals surface area contributed by atoms with Crippen LogP contribution in [0.2, 0.25) is 0 Å². The summed E-state index contributed by atoms with van der Waals surface area (Å²) in [5, 5.41) is 0. The number of carbonyl (C=O) groups is 3. The smallest absolute Gasteiger partial charge is 0.338 e. The molecular formula is C26H29N3O4. The molecule has 2 aliphatic rings. The lowest BCUT2D eigenvalue weighted by Crippen LogP contribution is -2.46. The highest BCUT2D eigenvalue weighted by atomic mass is 16.5. The molecule has 1 fully saturated rings. The molecule has 7 heteroatoms. The SMILES string of the molecule is CCCOC(=O)c1ccc(CN2C(=O)C(c3ccccc3)=C(N3CCN(C)CC3)C2=O)cc1. The van der Waals surface area contributed by atoms with E-state index in [1.807, 2.05) is 42.2 Å². The highest BCUT2D eigenvalue weighted by molar-refractivity contribution is 6.35. The second-order valence-corrected chi connectivity index (χ2v) is 8.41. The number of ether oxygens (including phenoxy) is 1. The van der Waals surface area contributed by atoms with Crippen LogP contribution < -0.4 is 0 Å². The van der Waals surface area contributed by atoms with Crippen LogP contribution >= 0.6 is 0 Å². The summed E-state index contributed by atoms with van der Waals surface area (Å²) in [6, 6.07) is 16.3. The first-order chi connectivity index (χ1) is 16.0. The fourth-order valence-electron chi connectivity index (χ4n) is 4.10. The second-order valence-electron chi connectivity index (χ2n) is 8.41. The van der Waals surface area contributed by atoms with E-state index in [1.165, 1.54) is 4.90 Å². The van der Waals surface area contributed by atoms with Gasteiger partial charge in [0.1, 0.15) is 5.70 Å². The third-order valence-corrected chi connectivity index (χ3v) is 5.99. The highest BCUT2D eigenvalue weighted by Gasteiger charge is 2.41. The predicted molar refractivity (Wildman–Crippen MR) is 125 cm³/mol. The maximum absolute atomic E-state index is 13.5. The van der Waals surface area contributed by atoms with Crippen LogP contribution in [-0.2, 0) is 20.9 Å². The molecule has 1 saturated heterocycles. The molecule has 4 rings (SSSR count). The molecule has 2 aliphatic heterocycles. The number of benzene rings is 2. The summed E-state index contributed by atoms with van der Waals surface area (Å²) in [6.07, 6.45) is 0.759. The summed E-state index contributed by atoms with van der Waals surface area (Å²) in [5.41, 5.74) is 2.92. The first kappa shape index (κ1) is 22.7. The number of nitrogens with zero attached hydrogens (tertiary/aromatic N) is 3. The third kappa shape index (κ3) is 4.83. The van der Waals surface area contributed by atoms with Crippen LogP contribution in [0, 0.1) is 0 Å². The Morgan fingerprint density at radius 3 is 2.21 bits per heavy atom. The topological polar surface area (TPSA) is 70.2 Å². The van der Waals surface area contributed by atoms with E-state index in [2.05, 4.69) is 11.9 Å². The van der Waals surface area contributed by atoms with Gasteiger partial charge in [-0.05, 0) is 36.7 Å². The lowest BCUT2D eigenvalue weighted by molar-refractivity contribution is -0.138. The maximum Gasteiger partial charge on any atom is 0.338 e. The first-order valence-electron chi connectivity index (χ1n) is 11.3. The molecule has 0 bridgehead atoms. The minimum absolute atomic E-state index is 0.148. The Bertz CT molecular complexity index is 1050. The number of esters is 1. The average molecular weight is 448 g/mol. The monoisotopic (exact) mass is 447 g/mol. The lowest BCUT2D eigenvalue weighted by Gasteiger charge is -2.34. The zero-order valence-corrected chi connectivity index (χ0v) is 19.1. The molecule has 0 radical (unpaired) electrons. The standard InChI is InChI=1S/C26H29N3O4/c1-3-17-33-26(32)21-11-9-19(10-12-21)18-29-24(30)22(20-7-5-4-6-8-20)23(25(29)31)28-15-13-27(2)14-16-28/h4-12H,3,13-18H2,1-2H3. The molecule has 172 valence electrons. The molecule has 2 aromatic carbocycles. The van der Waals surface area contributed by atoms with Crippen molar-refractivity contribution in [2.45, 2.75) is 19.9 Å². The fourth-order valence-corrected chi connectivity index (χ4v) is 4.10. The number of likely N-dealkylation sites (N-methyl/N-ethyl adjacent to an activating group) is 1. The van der Waals surface area contributed by atoms with Gasteiger partial charge in [-0.25, -0.2) is 4.79 Å². The number of carbonyl (C=O) groups excluding carboxylic acids is 3. The summed E-state index contributed by atoms with van der Waals surface area (Å²) < 4.78 is 5.16. The van der Waals surface area contributed by atoms with E-state index in [1.54, 1.807) is 24.3 Å². The van der Waals surface area contributed by atoms with Gasteiger partial charge in [-0.15, -0.1) is 0 Å². The molecule has 0 unspecified atom stereocenters. The minimum Gasteiger partial charge on any atom is -0.462 e. The van der Waals surface area contributed by atoms with Gasteiger partial charge in [0.15, 0.2) is 0 Å². The predicted octanol–water partition coefficient (Wildman–Crippen LogP) is 2.78. The van der Waals surface area contributed by atoms with Gasteiger partial charge >= 0.3 is 5.97 Å². The minimum atomic E-state index is -0.373. The summed E-state index contributed by atoms with van der Waals surface area (Å²) in [5.74, 6) is -0.927. The number of hydrogen-bond donors (Lipinski definition) is 0. The van der Waals surface area contributed by atoms with E-state index in [9.17, 15) is 14.4 Å². The van der Waals surface area contributed by atoms with Crippen molar-refractivity contribution >= 4 is 23.4 Å².